The van der Waals surface area contributed by atoms with Gasteiger partial charge in [0.25, 0.3) is 0 Å². The second-order valence-corrected chi connectivity index (χ2v) is 4.00. The van der Waals surface area contributed by atoms with E-state index in [4.69, 9.17) is 5.73 Å². The minimum atomic E-state index is -0.561. The first-order chi connectivity index (χ1) is 8.13. The van der Waals surface area contributed by atoms with Gasteiger partial charge in [0.05, 0.1) is 17.4 Å². The van der Waals surface area contributed by atoms with Crippen LogP contribution in [0, 0.1) is 0 Å². The van der Waals surface area contributed by atoms with Crippen molar-refractivity contribution in [1.29, 1.82) is 0 Å². The van der Waals surface area contributed by atoms with E-state index in [2.05, 4.69) is 5.32 Å². The van der Waals surface area contributed by atoms with Crippen molar-refractivity contribution in [3.05, 3.63) is 24.3 Å². The van der Waals surface area contributed by atoms with Crippen LogP contribution >= 0.6 is 0 Å². The summed E-state index contributed by atoms with van der Waals surface area (Å²) in [5.41, 5.74) is 7.09. The maximum Gasteiger partial charge on any atom is 0.244 e. The van der Waals surface area contributed by atoms with Gasteiger partial charge in [0, 0.05) is 0 Å². The molecule has 5 heteroatoms. The van der Waals surface area contributed by atoms with Crippen molar-refractivity contribution in [1.82, 2.24) is 0 Å². The lowest BCUT2D eigenvalue weighted by Crippen LogP contribution is -2.49. The molecule has 2 amide bonds. The van der Waals surface area contributed by atoms with Gasteiger partial charge in [-0.3, -0.25) is 14.5 Å². The Morgan fingerprint density at radius 1 is 1.53 bits per heavy atom. The fourth-order valence-corrected chi connectivity index (χ4v) is 1.80. The van der Waals surface area contributed by atoms with Gasteiger partial charge in [-0.15, -0.1) is 0 Å². The third kappa shape index (κ3) is 2.14. The molecule has 0 saturated heterocycles. The number of nitrogens with one attached hydrogen (secondary N) is 1. The van der Waals surface area contributed by atoms with E-state index in [0.717, 1.165) is 0 Å². The molecule has 1 unspecified atom stereocenters. The average molecular weight is 233 g/mol. The summed E-state index contributed by atoms with van der Waals surface area (Å²) >= 11 is 0. The van der Waals surface area contributed by atoms with Crippen molar-refractivity contribution in [3.8, 4) is 0 Å². The average Bonchev–Trinajstić information content (AvgIpc) is 2.35. The van der Waals surface area contributed by atoms with Crippen LogP contribution in [0.5, 0.6) is 0 Å². The first kappa shape index (κ1) is 11.6. The van der Waals surface area contributed by atoms with E-state index in [0.29, 0.717) is 17.8 Å². The number of para-hydroxylation sites is 2. The highest BCUT2D eigenvalue weighted by atomic mass is 16.2. The summed E-state index contributed by atoms with van der Waals surface area (Å²) in [5, 5.41) is 2.73. The lowest BCUT2D eigenvalue weighted by Gasteiger charge is -2.30. The zero-order chi connectivity index (χ0) is 12.4. The van der Waals surface area contributed by atoms with Crippen LogP contribution in [0.4, 0.5) is 11.4 Å². The van der Waals surface area contributed by atoms with Crippen molar-refractivity contribution in [3.63, 3.8) is 0 Å². The van der Waals surface area contributed by atoms with E-state index in [1.807, 2.05) is 19.1 Å². The molecule has 1 aliphatic heterocycles. The fraction of sp³-hybridized carbons (Fsp3) is 0.333. The Bertz CT molecular complexity index is 459. The first-order valence-corrected chi connectivity index (χ1v) is 5.59. The molecule has 5 nitrogen and oxygen atoms in total. The number of fused-ring (bicyclic) bond motifs is 1. The number of anilines is 2. The number of carbonyl (C=O) groups is 2. The van der Waals surface area contributed by atoms with E-state index in [1.165, 1.54) is 4.90 Å². The Hall–Kier alpha value is -1.88. The molecule has 1 atom stereocenters. The molecule has 2 rings (SSSR count). The molecule has 1 aliphatic rings. The normalized spacial score (nSPS) is 16.1. The van der Waals surface area contributed by atoms with Crippen molar-refractivity contribution in [2.45, 2.75) is 19.4 Å². The largest absolute Gasteiger partial charge is 0.323 e. The first-order valence-electron chi connectivity index (χ1n) is 5.59. The van der Waals surface area contributed by atoms with Crippen LogP contribution in [0.25, 0.3) is 0 Å². The van der Waals surface area contributed by atoms with E-state index in [1.54, 1.807) is 12.1 Å². The Morgan fingerprint density at radius 3 is 2.94 bits per heavy atom. The smallest absolute Gasteiger partial charge is 0.244 e. The van der Waals surface area contributed by atoms with E-state index in [-0.39, 0.29) is 18.4 Å². The molecule has 0 bridgehead atoms. The molecule has 0 aliphatic carbocycles. The maximum atomic E-state index is 12.1. The third-order valence-corrected chi connectivity index (χ3v) is 2.79. The Balaban J connectivity index is 2.36. The lowest BCUT2D eigenvalue weighted by atomic mass is 10.1. The topological polar surface area (TPSA) is 75.4 Å². The highest BCUT2D eigenvalue weighted by Crippen LogP contribution is 2.29. The molecule has 90 valence electrons. The summed E-state index contributed by atoms with van der Waals surface area (Å²) in [5.74, 6) is -0.407. The molecule has 17 heavy (non-hydrogen) atoms. The number of amides is 2. The van der Waals surface area contributed by atoms with Crippen molar-refractivity contribution in [2.24, 2.45) is 5.73 Å². The van der Waals surface area contributed by atoms with Gasteiger partial charge < -0.3 is 11.1 Å². The lowest BCUT2D eigenvalue weighted by molar-refractivity contribution is -0.122. The van der Waals surface area contributed by atoms with Crippen molar-refractivity contribution < 1.29 is 9.59 Å². The fourth-order valence-electron chi connectivity index (χ4n) is 1.80. The number of rotatable bonds is 2. The zero-order valence-electron chi connectivity index (χ0n) is 9.64. The van der Waals surface area contributed by atoms with Gasteiger partial charge >= 0.3 is 0 Å². The summed E-state index contributed by atoms with van der Waals surface area (Å²) in [6.45, 7) is 1.88. The van der Waals surface area contributed by atoms with Crippen LogP contribution in [0.1, 0.15) is 13.3 Å². The molecule has 1 heterocycles. The van der Waals surface area contributed by atoms with Crippen LogP contribution in [-0.2, 0) is 9.59 Å². The maximum absolute atomic E-state index is 12.1. The van der Waals surface area contributed by atoms with Crippen LogP contribution < -0.4 is 16.0 Å². The monoisotopic (exact) mass is 233 g/mol. The molecule has 1 aromatic carbocycles. The van der Waals surface area contributed by atoms with Crippen LogP contribution in [-0.4, -0.2) is 24.4 Å². The number of hydrogen-bond donors (Lipinski definition) is 2. The van der Waals surface area contributed by atoms with Gasteiger partial charge in [-0.1, -0.05) is 19.1 Å². The number of nitrogens with two attached hydrogens (primary N) is 1. The number of carbonyl (C=O) groups excluding carboxylic acids is 2. The quantitative estimate of drug-likeness (QED) is 0.789. The summed E-state index contributed by atoms with van der Waals surface area (Å²) in [4.78, 5) is 25.0. The highest BCUT2D eigenvalue weighted by Gasteiger charge is 2.28. The molecule has 0 spiro atoms. The Morgan fingerprint density at radius 2 is 2.24 bits per heavy atom. The molecule has 0 radical (unpaired) electrons. The minimum Gasteiger partial charge on any atom is -0.323 e. The highest BCUT2D eigenvalue weighted by molar-refractivity contribution is 6.11. The Kier molecular flexibility index (Phi) is 3.10. The van der Waals surface area contributed by atoms with E-state index < -0.39 is 6.04 Å². The number of benzene rings is 1. The van der Waals surface area contributed by atoms with Crippen LogP contribution in [0.3, 0.4) is 0 Å². The van der Waals surface area contributed by atoms with Gasteiger partial charge in [-0.05, 0) is 18.6 Å². The summed E-state index contributed by atoms with van der Waals surface area (Å²) in [6.07, 6.45) is 0.555. The third-order valence-electron chi connectivity index (χ3n) is 2.79. The molecule has 3 N–H and O–H groups in total. The van der Waals surface area contributed by atoms with E-state index >= 15 is 0 Å². The summed E-state index contributed by atoms with van der Waals surface area (Å²) < 4.78 is 0. The molecule has 1 aromatic rings. The second kappa shape index (κ2) is 4.55. The molecule has 0 fully saturated rings. The molecular formula is C12H15N3O2. The van der Waals surface area contributed by atoms with Gasteiger partial charge in [0.15, 0.2) is 0 Å². The van der Waals surface area contributed by atoms with Gasteiger partial charge in [-0.2, -0.15) is 0 Å². The molecule has 0 aromatic heterocycles. The van der Waals surface area contributed by atoms with Crippen molar-refractivity contribution in [2.75, 3.05) is 16.8 Å². The summed E-state index contributed by atoms with van der Waals surface area (Å²) in [7, 11) is 0. The molecular weight excluding hydrogens is 218 g/mol. The van der Waals surface area contributed by atoms with Crippen LogP contribution in [0.15, 0.2) is 24.3 Å². The number of hydrogen-bond acceptors (Lipinski definition) is 3. The summed E-state index contributed by atoms with van der Waals surface area (Å²) in [6, 6.07) is 6.65. The van der Waals surface area contributed by atoms with Gasteiger partial charge in [0.1, 0.15) is 6.54 Å². The predicted octanol–water partition coefficient (Wildman–Crippen LogP) is 0.709. The second-order valence-electron chi connectivity index (χ2n) is 4.00. The standard InChI is InChI=1S/C12H15N3O2/c1-2-8(13)12(17)15-7-11(16)14-9-5-3-4-6-10(9)15/h3-6,8H,2,7,13H2,1H3,(H,14,16). The Labute approximate surface area is 99.6 Å². The van der Waals surface area contributed by atoms with Gasteiger partial charge in [0.2, 0.25) is 11.8 Å². The predicted molar refractivity (Wildman–Crippen MR) is 65.7 cm³/mol. The molecule has 0 saturated carbocycles. The number of nitrogens with zero attached hydrogens (tertiary/aromatic N) is 1. The van der Waals surface area contributed by atoms with Gasteiger partial charge in [-0.25, -0.2) is 0 Å². The van der Waals surface area contributed by atoms with Crippen molar-refractivity contribution >= 4 is 23.2 Å². The van der Waals surface area contributed by atoms with E-state index in [9.17, 15) is 9.59 Å². The minimum absolute atomic E-state index is 0.0313. The van der Waals surface area contributed by atoms with Crippen LogP contribution in [0.2, 0.25) is 0 Å². The SMILES string of the molecule is CCC(N)C(=O)N1CC(=O)Nc2ccccc21. The zero-order valence-corrected chi connectivity index (χ0v) is 9.64.